The molecule has 27 heteroatoms. The number of urea groups is 2. The summed E-state index contributed by atoms with van der Waals surface area (Å²) >= 11 is 0. The van der Waals surface area contributed by atoms with E-state index in [1.165, 1.54) is 53.1 Å². The zero-order chi connectivity index (χ0) is 81.0. The molecule has 0 aromatic heterocycles. The predicted octanol–water partition coefficient (Wildman–Crippen LogP) is 11.5. The highest BCUT2D eigenvalue weighted by atomic mass is 19.2. The minimum Gasteiger partial charge on any atom is -0.390 e. The Morgan fingerprint density at radius 1 is 0.459 bits per heavy atom. The Morgan fingerprint density at radius 2 is 0.838 bits per heavy atom. The minimum atomic E-state index is -1.58. The number of halogens is 7. The van der Waals surface area contributed by atoms with Gasteiger partial charge in [-0.15, -0.1) is 0 Å². The smallest absolute Gasteiger partial charge is 0.320 e. The van der Waals surface area contributed by atoms with Crippen molar-refractivity contribution in [1.82, 2.24) is 30.2 Å². The maximum absolute atomic E-state index is 15.7. The van der Waals surface area contributed by atoms with Crippen LogP contribution in [-0.4, -0.2) is 179 Å². The van der Waals surface area contributed by atoms with Crippen LogP contribution in [0.25, 0.3) is 0 Å². The lowest BCUT2D eigenvalue weighted by atomic mass is 9.96. The third-order valence-corrected chi connectivity index (χ3v) is 20.2. The van der Waals surface area contributed by atoms with Crippen LogP contribution in [-0.2, 0) is 86.7 Å². The van der Waals surface area contributed by atoms with Crippen molar-refractivity contribution in [3.63, 3.8) is 0 Å². The number of carbonyl (C=O) groups excluding carboxylic acids is 4. The third kappa shape index (κ3) is 28.5. The Labute approximate surface area is 648 Å². The van der Waals surface area contributed by atoms with Gasteiger partial charge in [0.05, 0.1) is 51.3 Å². The van der Waals surface area contributed by atoms with E-state index in [2.05, 4.69) is 17.6 Å². The summed E-state index contributed by atoms with van der Waals surface area (Å²) in [5.41, 5.74) is 24.7. The van der Waals surface area contributed by atoms with Crippen LogP contribution in [0.3, 0.4) is 0 Å². The largest absolute Gasteiger partial charge is 0.390 e. The molecule has 8 atom stereocenters. The maximum atomic E-state index is 15.7. The van der Waals surface area contributed by atoms with E-state index in [9.17, 15) is 51.3 Å². The Kier molecular flexibility index (Phi) is 36.0. The molecule has 6 aromatic carbocycles. The zero-order valence-electron chi connectivity index (χ0n) is 65.0. The first kappa shape index (κ1) is 90.1. The second kappa shape index (κ2) is 44.4. The van der Waals surface area contributed by atoms with E-state index in [4.69, 9.17) is 36.1 Å². The van der Waals surface area contributed by atoms with Crippen LogP contribution < -0.4 is 27.8 Å². The molecule has 6 aromatic rings. The number of ether oxygens (including phenoxy) is 4. The summed E-state index contributed by atoms with van der Waals surface area (Å²) in [6.45, 7) is 10.8. The highest BCUT2D eigenvalue weighted by Gasteiger charge is 2.43. The molecular weight excluding hydrogens is 1440 g/mol. The van der Waals surface area contributed by atoms with Crippen LogP contribution in [0.15, 0.2) is 121 Å². The lowest BCUT2D eigenvalue weighted by Crippen LogP contribution is -2.59. The molecule has 111 heavy (non-hydrogen) atoms. The second-order valence-electron chi connectivity index (χ2n) is 29.2. The van der Waals surface area contributed by atoms with Crippen molar-refractivity contribution in [3.05, 3.63) is 212 Å². The third-order valence-electron chi connectivity index (χ3n) is 20.2. The molecule has 11 N–H and O–H groups in total. The topological polar surface area (TPSA) is 281 Å². The summed E-state index contributed by atoms with van der Waals surface area (Å²) in [4.78, 5) is 62.7. The monoisotopic (exact) mass is 1560 g/mol. The fourth-order valence-electron chi connectivity index (χ4n) is 14.1. The van der Waals surface area contributed by atoms with Gasteiger partial charge in [-0.05, 0) is 169 Å². The first-order chi connectivity index (χ1) is 53.0. The molecule has 2 saturated heterocycles. The number of rotatable bonds is 40. The number of aryl methyl sites for hydroxylation is 3. The van der Waals surface area contributed by atoms with Gasteiger partial charge in [0.15, 0.2) is 11.6 Å². The molecule has 2 fully saturated rings. The van der Waals surface area contributed by atoms with Crippen LogP contribution in [0.2, 0.25) is 0 Å². The van der Waals surface area contributed by atoms with Crippen LogP contribution in [0.5, 0.6) is 0 Å². The van der Waals surface area contributed by atoms with Crippen LogP contribution in [0, 0.1) is 40.7 Å². The van der Waals surface area contributed by atoms with Gasteiger partial charge in [-0.25, -0.2) is 40.3 Å². The molecule has 610 valence electrons. The van der Waals surface area contributed by atoms with Crippen LogP contribution >= 0.6 is 0 Å². The van der Waals surface area contributed by atoms with Crippen molar-refractivity contribution in [2.24, 2.45) is 17.2 Å². The highest BCUT2D eigenvalue weighted by Crippen LogP contribution is 2.35. The lowest BCUT2D eigenvalue weighted by molar-refractivity contribution is -0.274. The zero-order valence-corrected chi connectivity index (χ0v) is 65.0. The Hall–Kier alpha value is -8.09. The van der Waals surface area contributed by atoms with E-state index >= 15 is 14.0 Å². The first-order valence-corrected chi connectivity index (χ1v) is 38.7. The molecule has 0 saturated carbocycles. The number of nitrogens with two attached hydrogens (primary N) is 3. The quantitative estimate of drug-likeness (QED) is 0.0166. The number of hydrogen-bond acceptors (Lipinski definition) is 14. The van der Waals surface area contributed by atoms with Crippen molar-refractivity contribution in [3.8, 4) is 0 Å². The molecule has 0 aliphatic carbocycles. The Balaban J connectivity index is 0.000000336. The number of hydrogen-bond donors (Lipinski definition) is 8. The average molecular weight is 1560 g/mol. The van der Waals surface area contributed by atoms with Gasteiger partial charge >= 0.3 is 12.1 Å². The summed E-state index contributed by atoms with van der Waals surface area (Å²) in [5, 5.41) is 39.6. The van der Waals surface area contributed by atoms with Gasteiger partial charge < -0.3 is 81.7 Å². The number of likely N-dealkylation sites (N-methyl/N-ethyl adjacent to an activating group) is 1. The number of benzene rings is 6. The lowest BCUT2D eigenvalue weighted by Gasteiger charge is -2.40. The summed E-state index contributed by atoms with van der Waals surface area (Å²) in [6.07, 6.45) is 3.53. The van der Waals surface area contributed by atoms with Gasteiger partial charge in [-0.2, -0.15) is 0 Å². The standard InChI is InChI=1S/C51H66F5N5O6.C33H48F2N4O5/c1-5-8-13-51(66-15-16-67-51)14-12-46(49(64)60(29-35-11-9-10-33(6-2)17-35)30-38-18-34(7-3)19-39(52)24-38)61(32-48(63)45(58)26-37-22-42(55)28-43(56)23-37)50(65)59(4)31-47(62)44(57)25-36-20-40(53)27-41(54)21-36;1-4-6-12-33(43-14-8-15-44-33)13-11-29(38-32(42)37-3)31(41)39(21-24-10-7-9-23(5-2)16-24)22-30(40)28(36)19-25-17-26(34)20-27(35)18-25/h9-11,17-24,27-28,44-48,62-63H,5-8,12-16,25-26,29-32,57-58H2,1-4H3;7,9-10,16-18,20,28-30,40H,4-6,8,11-15,19,21-22,36H2,1-3H3,(H2,37,38,42)/t44-,45-,46+,47+,48+;28-,29?,30+/m00/s1. The molecule has 20 nitrogen and oxygen atoms in total. The van der Waals surface area contributed by atoms with Crippen LogP contribution in [0.1, 0.15) is 155 Å². The summed E-state index contributed by atoms with van der Waals surface area (Å²) < 4.78 is 124. The summed E-state index contributed by atoms with van der Waals surface area (Å²) in [7, 11) is 2.84. The molecule has 6 amide bonds. The summed E-state index contributed by atoms with van der Waals surface area (Å²) in [5.74, 6) is -8.18. The van der Waals surface area contributed by atoms with E-state index < -0.39 is 138 Å². The molecule has 2 heterocycles. The average Bonchev–Trinajstić information content (AvgIpc) is 1.75. The van der Waals surface area contributed by atoms with Crippen molar-refractivity contribution >= 4 is 23.9 Å². The van der Waals surface area contributed by atoms with Crippen molar-refractivity contribution in [1.29, 1.82) is 0 Å². The van der Waals surface area contributed by atoms with Gasteiger partial charge in [0.1, 0.15) is 52.8 Å². The number of nitrogens with one attached hydrogen (secondary N) is 2. The summed E-state index contributed by atoms with van der Waals surface area (Å²) in [6, 6.07) is 22.1. The number of amides is 6. The fraction of sp³-hybridized carbons (Fsp3) is 0.524. The second-order valence-corrected chi connectivity index (χ2v) is 29.2. The van der Waals surface area contributed by atoms with E-state index in [1.807, 2.05) is 82.3 Å². The maximum Gasteiger partial charge on any atom is 0.320 e. The number of unbranched alkanes of at least 4 members (excludes halogenated alkanes) is 2. The predicted molar refractivity (Wildman–Crippen MR) is 411 cm³/mol. The van der Waals surface area contributed by atoms with Gasteiger partial charge in [-0.3, -0.25) is 9.59 Å². The fourth-order valence-corrected chi connectivity index (χ4v) is 14.1. The van der Waals surface area contributed by atoms with E-state index in [0.717, 1.165) is 102 Å². The van der Waals surface area contributed by atoms with Gasteiger partial charge in [-0.1, -0.05) is 102 Å². The van der Waals surface area contributed by atoms with Crippen molar-refractivity contribution < 1.29 is 84.2 Å². The molecule has 2 aliphatic heterocycles. The van der Waals surface area contributed by atoms with E-state index in [1.54, 1.807) is 0 Å². The van der Waals surface area contributed by atoms with Gasteiger partial charge in [0.25, 0.3) is 0 Å². The number of carbonyl (C=O) groups is 4. The SMILES string of the molecule is CCCCC1(CCC(NC(=O)NC)C(=O)N(Cc2cccc(CC)c2)C[C@@H](O)[C@@H](N)Cc2cc(F)cc(F)c2)OCCCO1.CCCCC1(CC[C@H](C(=O)N(Cc2cccc(CC)c2)Cc2cc(F)cc(CC)c2)N(C[C@@H](O)[C@@H](N)Cc2cc(F)cc(F)c2)C(=O)N(C)C[C@@H](O)[C@@H](N)Cc2cc(F)cc(F)c2)OCCO1. The molecule has 8 rings (SSSR count). The van der Waals surface area contributed by atoms with Crippen molar-refractivity contribution in [2.45, 2.75) is 224 Å². The highest BCUT2D eigenvalue weighted by molar-refractivity contribution is 5.88. The van der Waals surface area contributed by atoms with Gasteiger partial charge in [0.2, 0.25) is 11.8 Å². The molecule has 1 unspecified atom stereocenters. The molecule has 0 bridgehead atoms. The first-order valence-electron chi connectivity index (χ1n) is 38.7. The number of nitrogens with zero attached hydrogens (tertiary/aromatic N) is 4. The molecular formula is C84H114F7N9O11. The molecule has 0 spiro atoms. The van der Waals surface area contributed by atoms with Gasteiger partial charge in [0, 0.05) is 109 Å². The minimum absolute atomic E-state index is 0.00224. The Bertz CT molecular complexity index is 3870. The normalized spacial score (nSPS) is 16.0. The van der Waals surface area contributed by atoms with Crippen molar-refractivity contribution in [2.75, 3.05) is 60.2 Å². The molecule has 2 aliphatic rings. The number of aliphatic hydroxyl groups is 3. The van der Waals surface area contributed by atoms with E-state index in [0.29, 0.717) is 80.9 Å². The van der Waals surface area contributed by atoms with E-state index in [-0.39, 0.29) is 75.8 Å². The van der Waals surface area contributed by atoms with Crippen LogP contribution in [0.4, 0.5) is 40.3 Å². The molecule has 0 radical (unpaired) electrons. The Morgan fingerprint density at radius 3 is 1.29 bits per heavy atom. The number of aliphatic hydroxyl groups excluding tert-OH is 3.